The van der Waals surface area contributed by atoms with E-state index in [-0.39, 0.29) is 11.8 Å². The molecule has 0 bridgehead atoms. The SMILES string of the molecule is CNC(=O)C1CCCN1C(=O)c1ccc(OC)cc1N. The van der Waals surface area contributed by atoms with E-state index in [0.717, 1.165) is 6.42 Å². The minimum atomic E-state index is -0.408. The van der Waals surface area contributed by atoms with Crippen molar-refractivity contribution in [2.24, 2.45) is 0 Å². The highest BCUT2D eigenvalue weighted by atomic mass is 16.5. The van der Waals surface area contributed by atoms with Gasteiger partial charge in [-0.3, -0.25) is 9.59 Å². The normalized spacial score (nSPS) is 17.9. The molecule has 1 atom stereocenters. The molecule has 6 nitrogen and oxygen atoms in total. The number of hydrogen-bond donors (Lipinski definition) is 2. The highest BCUT2D eigenvalue weighted by Crippen LogP contribution is 2.25. The maximum absolute atomic E-state index is 12.5. The number of likely N-dealkylation sites (tertiary alicyclic amines) is 1. The van der Waals surface area contributed by atoms with Crippen molar-refractivity contribution in [1.29, 1.82) is 0 Å². The fourth-order valence-corrected chi connectivity index (χ4v) is 2.47. The van der Waals surface area contributed by atoms with Crippen LogP contribution in [0, 0.1) is 0 Å². The Morgan fingerprint density at radius 3 is 2.80 bits per heavy atom. The van der Waals surface area contributed by atoms with Gasteiger partial charge in [-0.1, -0.05) is 0 Å². The molecule has 1 aromatic carbocycles. The van der Waals surface area contributed by atoms with Crippen molar-refractivity contribution in [3.63, 3.8) is 0 Å². The summed E-state index contributed by atoms with van der Waals surface area (Å²) in [5.74, 6) is 0.252. The van der Waals surface area contributed by atoms with Crippen LogP contribution in [0.1, 0.15) is 23.2 Å². The van der Waals surface area contributed by atoms with Gasteiger partial charge in [0.2, 0.25) is 5.91 Å². The second-order valence-electron chi connectivity index (χ2n) is 4.72. The lowest BCUT2D eigenvalue weighted by atomic mass is 10.1. The quantitative estimate of drug-likeness (QED) is 0.794. The zero-order chi connectivity index (χ0) is 14.7. The summed E-state index contributed by atoms with van der Waals surface area (Å²) in [5.41, 5.74) is 6.65. The zero-order valence-corrected chi connectivity index (χ0v) is 11.7. The van der Waals surface area contributed by atoms with Gasteiger partial charge in [0.15, 0.2) is 0 Å². The van der Waals surface area contributed by atoms with Crippen LogP contribution in [-0.2, 0) is 4.79 Å². The molecule has 0 radical (unpaired) electrons. The fraction of sp³-hybridized carbons (Fsp3) is 0.429. The Kier molecular flexibility index (Phi) is 4.12. The standard InChI is InChI=1S/C14H19N3O3/c1-16-13(18)12-4-3-7-17(12)14(19)10-6-5-9(20-2)8-11(10)15/h5-6,8,12H,3-4,7,15H2,1-2H3,(H,16,18). The van der Waals surface area contributed by atoms with Crippen LogP contribution in [0.25, 0.3) is 0 Å². The fourth-order valence-electron chi connectivity index (χ4n) is 2.47. The van der Waals surface area contributed by atoms with Gasteiger partial charge in [0.1, 0.15) is 11.8 Å². The third kappa shape index (κ3) is 2.54. The van der Waals surface area contributed by atoms with Crippen LogP contribution in [0.4, 0.5) is 5.69 Å². The molecule has 0 spiro atoms. The Morgan fingerprint density at radius 2 is 2.20 bits per heavy atom. The second kappa shape index (κ2) is 5.81. The van der Waals surface area contributed by atoms with E-state index in [4.69, 9.17) is 10.5 Å². The van der Waals surface area contributed by atoms with Crippen molar-refractivity contribution in [2.45, 2.75) is 18.9 Å². The van der Waals surface area contributed by atoms with Crippen LogP contribution >= 0.6 is 0 Å². The van der Waals surface area contributed by atoms with Gasteiger partial charge in [0.25, 0.3) is 5.91 Å². The van der Waals surface area contributed by atoms with E-state index in [0.29, 0.717) is 30.0 Å². The summed E-state index contributed by atoms with van der Waals surface area (Å²) >= 11 is 0. The maximum atomic E-state index is 12.5. The summed E-state index contributed by atoms with van der Waals surface area (Å²) < 4.78 is 5.06. The number of hydrogen-bond acceptors (Lipinski definition) is 4. The van der Waals surface area contributed by atoms with E-state index in [1.54, 1.807) is 37.3 Å². The summed E-state index contributed by atoms with van der Waals surface area (Å²) in [6, 6.07) is 4.52. The topological polar surface area (TPSA) is 84.7 Å². The Bertz CT molecular complexity index is 530. The van der Waals surface area contributed by atoms with Gasteiger partial charge in [0, 0.05) is 25.3 Å². The van der Waals surface area contributed by atoms with Crippen LogP contribution in [0.2, 0.25) is 0 Å². The van der Waals surface area contributed by atoms with Crippen molar-refractivity contribution in [1.82, 2.24) is 10.2 Å². The second-order valence-corrected chi connectivity index (χ2v) is 4.72. The minimum Gasteiger partial charge on any atom is -0.497 e. The molecule has 20 heavy (non-hydrogen) atoms. The van der Waals surface area contributed by atoms with Crippen molar-refractivity contribution in [3.05, 3.63) is 23.8 Å². The van der Waals surface area contributed by atoms with Crippen LogP contribution in [-0.4, -0.2) is 43.5 Å². The number of benzene rings is 1. The molecule has 108 valence electrons. The molecule has 1 saturated heterocycles. The van der Waals surface area contributed by atoms with Crippen molar-refractivity contribution >= 4 is 17.5 Å². The van der Waals surface area contributed by atoms with E-state index in [1.165, 1.54) is 0 Å². The van der Waals surface area contributed by atoms with Crippen LogP contribution in [0.3, 0.4) is 0 Å². The predicted molar refractivity (Wildman–Crippen MR) is 75.5 cm³/mol. The van der Waals surface area contributed by atoms with E-state index in [9.17, 15) is 9.59 Å². The molecule has 1 aliphatic heterocycles. The molecule has 1 heterocycles. The van der Waals surface area contributed by atoms with Gasteiger partial charge in [-0.25, -0.2) is 0 Å². The van der Waals surface area contributed by atoms with Gasteiger partial charge in [0.05, 0.1) is 12.7 Å². The van der Waals surface area contributed by atoms with E-state index < -0.39 is 6.04 Å². The summed E-state index contributed by atoms with van der Waals surface area (Å²) in [6.07, 6.45) is 1.50. The molecule has 2 amide bonds. The molecule has 1 unspecified atom stereocenters. The summed E-state index contributed by atoms with van der Waals surface area (Å²) in [4.78, 5) is 25.9. The molecule has 6 heteroatoms. The highest BCUT2D eigenvalue weighted by Gasteiger charge is 2.34. The van der Waals surface area contributed by atoms with Gasteiger partial charge in [-0.15, -0.1) is 0 Å². The molecule has 3 N–H and O–H groups in total. The number of rotatable bonds is 3. The van der Waals surface area contributed by atoms with Gasteiger partial charge >= 0.3 is 0 Å². The molecule has 0 aromatic heterocycles. The Labute approximate surface area is 117 Å². The molecular formula is C14H19N3O3. The number of methoxy groups -OCH3 is 1. The summed E-state index contributed by atoms with van der Waals surface area (Å²) in [7, 11) is 3.11. The molecule has 1 aromatic rings. The average Bonchev–Trinajstić information content (AvgIpc) is 2.94. The first-order valence-electron chi connectivity index (χ1n) is 6.54. The van der Waals surface area contributed by atoms with E-state index in [1.807, 2.05) is 0 Å². The minimum absolute atomic E-state index is 0.136. The molecule has 0 saturated carbocycles. The third-order valence-electron chi connectivity index (χ3n) is 3.55. The number of nitrogens with zero attached hydrogens (tertiary/aromatic N) is 1. The molecular weight excluding hydrogens is 258 g/mol. The number of anilines is 1. The predicted octanol–water partition coefficient (Wildman–Crippen LogP) is 0.628. The van der Waals surface area contributed by atoms with Crippen molar-refractivity contribution < 1.29 is 14.3 Å². The number of nitrogen functional groups attached to an aromatic ring is 1. The van der Waals surface area contributed by atoms with Crippen molar-refractivity contribution in [3.8, 4) is 5.75 Å². The number of ether oxygens (including phenoxy) is 1. The number of likely N-dealkylation sites (N-methyl/N-ethyl adjacent to an activating group) is 1. The Balaban J connectivity index is 2.24. The van der Waals surface area contributed by atoms with Crippen LogP contribution in [0.15, 0.2) is 18.2 Å². The molecule has 1 aliphatic rings. The van der Waals surface area contributed by atoms with Crippen LogP contribution in [0.5, 0.6) is 5.75 Å². The number of amides is 2. The first kappa shape index (κ1) is 14.2. The van der Waals surface area contributed by atoms with E-state index in [2.05, 4.69) is 5.32 Å². The van der Waals surface area contributed by atoms with Gasteiger partial charge in [-0.05, 0) is 25.0 Å². The number of carbonyl (C=O) groups excluding carboxylic acids is 2. The lowest BCUT2D eigenvalue weighted by molar-refractivity contribution is -0.124. The summed E-state index contributed by atoms with van der Waals surface area (Å²) in [5, 5.41) is 2.59. The Morgan fingerprint density at radius 1 is 1.45 bits per heavy atom. The largest absolute Gasteiger partial charge is 0.497 e. The lowest BCUT2D eigenvalue weighted by Gasteiger charge is -2.24. The average molecular weight is 277 g/mol. The Hall–Kier alpha value is -2.24. The first-order chi connectivity index (χ1) is 9.58. The third-order valence-corrected chi connectivity index (χ3v) is 3.55. The van der Waals surface area contributed by atoms with Gasteiger partial charge in [-0.2, -0.15) is 0 Å². The summed E-state index contributed by atoms with van der Waals surface area (Å²) in [6.45, 7) is 0.572. The molecule has 0 aliphatic carbocycles. The highest BCUT2D eigenvalue weighted by molar-refractivity contribution is 6.01. The zero-order valence-electron chi connectivity index (χ0n) is 11.7. The van der Waals surface area contributed by atoms with Gasteiger partial charge < -0.3 is 20.7 Å². The molecule has 1 fully saturated rings. The maximum Gasteiger partial charge on any atom is 0.256 e. The smallest absolute Gasteiger partial charge is 0.256 e. The van der Waals surface area contributed by atoms with Crippen molar-refractivity contribution in [2.75, 3.05) is 26.4 Å². The first-order valence-corrected chi connectivity index (χ1v) is 6.54. The number of carbonyl (C=O) groups is 2. The lowest BCUT2D eigenvalue weighted by Crippen LogP contribution is -2.45. The van der Waals surface area contributed by atoms with E-state index >= 15 is 0 Å². The number of nitrogens with one attached hydrogen (secondary N) is 1. The molecule has 2 rings (SSSR count). The van der Waals surface area contributed by atoms with Crippen LogP contribution < -0.4 is 15.8 Å². The number of nitrogens with two attached hydrogens (primary N) is 1. The monoisotopic (exact) mass is 277 g/mol.